The van der Waals surface area contributed by atoms with Gasteiger partial charge in [0.2, 0.25) is 0 Å². The van der Waals surface area contributed by atoms with E-state index in [2.05, 4.69) is 20.7 Å². The van der Waals surface area contributed by atoms with Crippen LogP contribution in [-0.2, 0) is 4.74 Å². The summed E-state index contributed by atoms with van der Waals surface area (Å²) < 4.78 is 11.2. The molecule has 0 aromatic heterocycles. The molecule has 0 radical (unpaired) electrons. The minimum absolute atomic E-state index is 0.523. The third-order valence-electron chi connectivity index (χ3n) is 4.26. The fourth-order valence-electron chi connectivity index (χ4n) is 2.82. The van der Waals surface area contributed by atoms with Gasteiger partial charge in [0.15, 0.2) is 5.11 Å². The maximum atomic E-state index is 5.83. The van der Waals surface area contributed by atoms with Crippen molar-refractivity contribution in [2.75, 3.05) is 39.4 Å². The molecule has 148 valence electrons. The van der Waals surface area contributed by atoms with Gasteiger partial charge >= 0.3 is 0 Å². The number of nitrogens with zero attached hydrogens (tertiary/aromatic N) is 2. The third kappa shape index (κ3) is 7.26. The number of rotatable bonds is 8. The summed E-state index contributed by atoms with van der Waals surface area (Å²) >= 11 is 5.26. The summed E-state index contributed by atoms with van der Waals surface area (Å²) in [5.41, 5.74) is 3.78. The Morgan fingerprint density at radius 1 is 1.11 bits per heavy atom. The molecule has 1 aliphatic heterocycles. The Bertz CT molecular complexity index is 764. The number of ether oxygens (including phenoxy) is 2. The molecular formula is C21H26N4O2S. The van der Waals surface area contributed by atoms with Gasteiger partial charge in [-0.15, -0.1) is 0 Å². The molecule has 1 fully saturated rings. The highest BCUT2D eigenvalue weighted by molar-refractivity contribution is 7.80. The van der Waals surface area contributed by atoms with E-state index in [0.29, 0.717) is 5.11 Å². The quantitative estimate of drug-likeness (QED) is 0.309. The topological polar surface area (TPSA) is 58.1 Å². The average Bonchev–Trinajstić information content (AvgIpc) is 2.73. The van der Waals surface area contributed by atoms with Crippen molar-refractivity contribution in [1.29, 1.82) is 0 Å². The lowest BCUT2D eigenvalue weighted by molar-refractivity contribution is 0.0376. The molecule has 2 aromatic rings. The Balaban J connectivity index is 1.36. The predicted octanol–water partition coefficient (Wildman–Crippen LogP) is 3.00. The average molecular weight is 399 g/mol. The molecule has 28 heavy (non-hydrogen) atoms. The summed E-state index contributed by atoms with van der Waals surface area (Å²) in [5, 5.41) is 7.90. The smallest absolute Gasteiger partial charge is 0.186 e. The van der Waals surface area contributed by atoms with E-state index in [4.69, 9.17) is 21.7 Å². The summed E-state index contributed by atoms with van der Waals surface area (Å²) in [6.45, 7) is 5.56. The standard InChI is InChI=1S/C21H26N4O2S/c28-21(22-10-5-11-25-12-14-26-15-13-25)24-23-17-18-6-4-9-20(16-18)27-19-7-2-1-3-8-19/h1-4,6-9,16-17H,5,10-15H2,(H2,22,24,28)/b23-17-. The lowest BCUT2D eigenvalue weighted by Gasteiger charge is -2.26. The molecule has 0 unspecified atom stereocenters. The van der Waals surface area contributed by atoms with Crippen LogP contribution >= 0.6 is 12.2 Å². The molecule has 0 bridgehead atoms. The second-order valence-corrected chi connectivity index (χ2v) is 6.83. The van der Waals surface area contributed by atoms with E-state index in [0.717, 1.165) is 62.9 Å². The molecule has 1 aliphatic rings. The zero-order valence-electron chi connectivity index (χ0n) is 15.8. The molecule has 0 aliphatic carbocycles. The molecule has 1 saturated heterocycles. The fourth-order valence-corrected chi connectivity index (χ4v) is 2.97. The van der Waals surface area contributed by atoms with Crippen molar-refractivity contribution in [3.63, 3.8) is 0 Å². The van der Waals surface area contributed by atoms with Crippen LogP contribution in [0.2, 0.25) is 0 Å². The summed E-state index contributed by atoms with van der Waals surface area (Å²) in [4.78, 5) is 2.41. The van der Waals surface area contributed by atoms with E-state index >= 15 is 0 Å². The van der Waals surface area contributed by atoms with Gasteiger partial charge in [0.25, 0.3) is 0 Å². The number of hydrogen-bond acceptors (Lipinski definition) is 5. The van der Waals surface area contributed by atoms with Crippen molar-refractivity contribution in [2.24, 2.45) is 5.10 Å². The highest BCUT2D eigenvalue weighted by atomic mass is 32.1. The van der Waals surface area contributed by atoms with Gasteiger partial charge < -0.3 is 14.8 Å². The van der Waals surface area contributed by atoms with Crippen molar-refractivity contribution in [1.82, 2.24) is 15.6 Å². The van der Waals surface area contributed by atoms with E-state index in [-0.39, 0.29) is 0 Å². The van der Waals surface area contributed by atoms with Crippen molar-refractivity contribution >= 4 is 23.5 Å². The molecule has 6 nitrogen and oxygen atoms in total. The molecule has 2 N–H and O–H groups in total. The van der Waals surface area contributed by atoms with Crippen molar-refractivity contribution < 1.29 is 9.47 Å². The van der Waals surface area contributed by atoms with Gasteiger partial charge in [0.1, 0.15) is 11.5 Å². The highest BCUT2D eigenvalue weighted by Crippen LogP contribution is 2.21. The van der Waals surface area contributed by atoms with Gasteiger partial charge in [-0.2, -0.15) is 5.10 Å². The van der Waals surface area contributed by atoms with Crippen LogP contribution < -0.4 is 15.5 Å². The SMILES string of the molecule is S=C(NCCCN1CCOCC1)N/N=C\c1cccc(Oc2ccccc2)c1. The lowest BCUT2D eigenvalue weighted by Crippen LogP contribution is -2.39. The number of morpholine rings is 1. The Morgan fingerprint density at radius 2 is 1.89 bits per heavy atom. The van der Waals surface area contributed by atoms with Crippen LogP contribution in [0.3, 0.4) is 0 Å². The first-order chi connectivity index (χ1) is 13.8. The first kappa shape index (κ1) is 20.3. The van der Waals surface area contributed by atoms with Gasteiger partial charge in [0, 0.05) is 19.6 Å². The monoisotopic (exact) mass is 398 g/mol. The van der Waals surface area contributed by atoms with Gasteiger partial charge in [-0.1, -0.05) is 30.3 Å². The van der Waals surface area contributed by atoms with Crippen LogP contribution in [0.1, 0.15) is 12.0 Å². The van der Waals surface area contributed by atoms with E-state index in [1.165, 1.54) is 0 Å². The van der Waals surface area contributed by atoms with Crippen molar-refractivity contribution in [2.45, 2.75) is 6.42 Å². The molecule has 0 spiro atoms. The maximum Gasteiger partial charge on any atom is 0.186 e. The number of hydrazone groups is 1. The van der Waals surface area contributed by atoms with E-state index in [1.807, 2.05) is 54.6 Å². The minimum Gasteiger partial charge on any atom is -0.457 e. The molecular weight excluding hydrogens is 372 g/mol. The maximum absolute atomic E-state index is 5.83. The Morgan fingerprint density at radius 3 is 2.71 bits per heavy atom. The van der Waals surface area contributed by atoms with Crippen LogP contribution in [0, 0.1) is 0 Å². The second kappa shape index (κ2) is 11.4. The minimum atomic E-state index is 0.523. The van der Waals surface area contributed by atoms with Gasteiger partial charge in [-0.05, 0) is 55.0 Å². The molecule has 0 amide bonds. The molecule has 1 heterocycles. The van der Waals surface area contributed by atoms with Crippen LogP contribution in [0.4, 0.5) is 0 Å². The summed E-state index contributed by atoms with van der Waals surface area (Å²) in [6, 6.07) is 17.4. The molecule has 7 heteroatoms. The molecule has 0 atom stereocenters. The number of thiocarbonyl (C=S) groups is 1. The van der Waals surface area contributed by atoms with Crippen LogP contribution in [0.5, 0.6) is 11.5 Å². The largest absolute Gasteiger partial charge is 0.457 e. The first-order valence-electron chi connectivity index (χ1n) is 9.49. The molecule has 0 saturated carbocycles. The fraction of sp³-hybridized carbons (Fsp3) is 0.333. The highest BCUT2D eigenvalue weighted by Gasteiger charge is 2.09. The number of nitrogens with one attached hydrogen (secondary N) is 2. The van der Waals surface area contributed by atoms with E-state index in [9.17, 15) is 0 Å². The van der Waals surface area contributed by atoms with Crippen LogP contribution in [0.15, 0.2) is 59.7 Å². The zero-order chi connectivity index (χ0) is 19.4. The lowest BCUT2D eigenvalue weighted by atomic mass is 10.2. The normalized spacial score (nSPS) is 14.7. The Kier molecular flexibility index (Phi) is 8.24. The van der Waals surface area contributed by atoms with E-state index < -0.39 is 0 Å². The van der Waals surface area contributed by atoms with Crippen molar-refractivity contribution in [3.8, 4) is 11.5 Å². The Hall–Kier alpha value is -2.48. The number of benzene rings is 2. The zero-order valence-corrected chi connectivity index (χ0v) is 16.7. The first-order valence-corrected chi connectivity index (χ1v) is 9.90. The summed E-state index contributed by atoms with van der Waals surface area (Å²) in [7, 11) is 0. The van der Waals surface area contributed by atoms with Crippen molar-refractivity contribution in [3.05, 3.63) is 60.2 Å². The van der Waals surface area contributed by atoms with Crippen LogP contribution in [-0.4, -0.2) is 55.6 Å². The van der Waals surface area contributed by atoms with Gasteiger partial charge in [-0.25, -0.2) is 0 Å². The van der Waals surface area contributed by atoms with Gasteiger partial charge in [0.05, 0.1) is 19.4 Å². The van der Waals surface area contributed by atoms with Gasteiger partial charge in [-0.3, -0.25) is 10.3 Å². The molecule has 2 aromatic carbocycles. The Labute approximate surface area is 171 Å². The predicted molar refractivity (Wildman–Crippen MR) is 116 cm³/mol. The third-order valence-corrected chi connectivity index (χ3v) is 4.49. The summed E-state index contributed by atoms with van der Waals surface area (Å²) in [5.74, 6) is 1.57. The van der Waals surface area contributed by atoms with E-state index in [1.54, 1.807) is 6.21 Å². The van der Waals surface area contributed by atoms with Crippen LogP contribution in [0.25, 0.3) is 0 Å². The second-order valence-electron chi connectivity index (χ2n) is 6.42. The summed E-state index contributed by atoms with van der Waals surface area (Å²) in [6.07, 6.45) is 2.75. The molecule has 3 rings (SSSR count). The number of hydrogen-bond donors (Lipinski definition) is 2. The number of para-hydroxylation sites is 1.